The number of nitrogens with two attached hydrogens (primary N) is 1. The van der Waals surface area contributed by atoms with Crippen LogP contribution in [-0.4, -0.2) is 34.7 Å². The van der Waals surface area contributed by atoms with Crippen LogP contribution < -0.4 is 15.2 Å². The molecule has 2 aromatic heterocycles. The lowest BCUT2D eigenvalue weighted by molar-refractivity contribution is 0.100. The number of halogens is 1. The molecule has 0 saturated heterocycles. The first-order valence-electron chi connectivity index (χ1n) is 8.18. The maximum Gasteiger partial charge on any atom is 0.261 e. The smallest absolute Gasteiger partial charge is 0.261 e. The number of methoxy groups -OCH3 is 2. The van der Waals surface area contributed by atoms with Crippen LogP contribution in [0.5, 0.6) is 11.5 Å². The highest BCUT2D eigenvalue weighted by atomic mass is 35.5. The van der Waals surface area contributed by atoms with E-state index in [1.807, 2.05) is 12.1 Å². The average Bonchev–Trinajstić information content (AvgIpc) is 3.30. The van der Waals surface area contributed by atoms with E-state index in [0.29, 0.717) is 43.3 Å². The van der Waals surface area contributed by atoms with Crippen LogP contribution in [0.1, 0.15) is 9.67 Å². The zero-order chi connectivity index (χ0) is 19.8. The molecule has 0 saturated carbocycles. The Labute approximate surface area is 169 Å². The number of imidazole rings is 1. The zero-order valence-corrected chi connectivity index (χ0v) is 16.5. The Morgan fingerprint density at radius 3 is 2.61 bits per heavy atom. The summed E-state index contributed by atoms with van der Waals surface area (Å²) in [4.78, 5) is 21.4. The molecule has 2 heterocycles. The third-order valence-electron chi connectivity index (χ3n) is 4.20. The van der Waals surface area contributed by atoms with Crippen molar-refractivity contribution in [1.29, 1.82) is 0 Å². The number of nitrogens with zero attached hydrogens (tertiary/aromatic N) is 3. The standard InChI is InChI=1S/C19H15ClN4O3S/c1-26-14-7-12-13(8-15(14)27-2)24(9-22-12)19-23-16(17(28-19)18(21)25)10-4-3-5-11(20)6-10/h3-9H,1-2H3,(H2,21,25). The molecule has 0 unspecified atom stereocenters. The normalized spacial score (nSPS) is 11.0. The Kier molecular flexibility index (Phi) is 4.66. The molecule has 0 fully saturated rings. The van der Waals surface area contributed by atoms with Crippen LogP contribution in [-0.2, 0) is 0 Å². The van der Waals surface area contributed by atoms with Crippen LogP contribution in [0.2, 0.25) is 5.02 Å². The van der Waals surface area contributed by atoms with Crippen molar-refractivity contribution in [2.75, 3.05) is 14.2 Å². The Hall–Kier alpha value is -3.10. The van der Waals surface area contributed by atoms with Crippen molar-refractivity contribution in [2.24, 2.45) is 5.73 Å². The fourth-order valence-corrected chi connectivity index (χ4v) is 4.01. The highest BCUT2D eigenvalue weighted by Crippen LogP contribution is 2.35. The van der Waals surface area contributed by atoms with E-state index in [1.165, 1.54) is 11.3 Å². The number of aromatic nitrogens is 3. The Morgan fingerprint density at radius 2 is 1.93 bits per heavy atom. The fourth-order valence-electron chi connectivity index (χ4n) is 2.90. The Bertz CT molecular complexity index is 1200. The molecule has 0 aliphatic heterocycles. The minimum Gasteiger partial charge on any atom is -0.493 e. The van der Waals surface area contributed by atoms with Gasteiger partial charge in [-0.2, -0.15) is 0 Å². The van der Waals surface area contributed by atoms with Crippen LogP contribution in [0.25, 0.3) is 27.4 Å². The maximum atomic E-state index is 12.0. The number of rotatable bonds is 5. The van der Waals surface area contributed by atoms with Gasteiger partial charge in [0, 0.05) is 22.7 Å². The van der Waals surface area contributed by atoms with E-state index >= 15 is 0 Å². The second-order valence-corrected chi connectivity index (χ2v) is 7.27. The molecular formula is C19H15ClN4O3S. The lowest BCUT2D eigenvalue weighted by atomic mass is 10.1. The van der Waals surface area contributed by atoms with Crippen molar-refractivity contribution in [3.8, 4) is 27.9 Å². The quantitative estimate of drug-likeness (QED) is 0.534. The first kappa shape index (κ1) is 18.3. The molecular weight excluding hydrogens is 400 g/mol. The highest BCUT2D eigenvalue weighted by molar-refractivity contribution is 7.16. The van der Waals surface area contributed by atoms with Crippen LogP contribution in [0.15, 0.2) is 42.7 Å². The summed E-state index contributed by atoms with van der Waals surface area (Å²) in [5.74, 6) is 0.595. The number of ether oxygens (including phenoxy) is 2. The number of fused-ring (bicyclic) bond motifs is 1. The minimum atomic E-state index is -0.553. The van der Waals surface area contributed by atoms with Crippen molar-refractivity contribution >= 4 is 39.9 Å². The molecule has 1 amide bonds. The molecule has 0 aliphatic carbocycles. The first-order valence-corrected chi connectivity index (χ1v) is 9.37. The molecule has 142 valence electrons. The number of primary amides is 1. The van der Waals surface area contributed by atoms with E-state index in [1.54, 1.807) is 49.4 Å². The molecule has 0 atom stereocenters. The molecule has 7 nitrogen and oxygen atoms in total. The summed E-state index contributed by atoms with van der Waals surface area (Å²) in [5, 5.41) is 1.10. The van der Waals surface area contributed by atoms with E-state index in [2.05, 4.69) is 9.97 Å². The Morgan fingerprint density at radius 1 is 1.18 bits per heavy atom. The summed E-state index contributed by atoms with van der Waals surface area (Å²) >= 11 is 7.28. The predicted molar refractivity (Wildman–Crippen MR) is 109 cm³/mol. The summed E-state index contributed by atoms with van der Waals surface area (Å²) in [6.45, 7) is 0. The van der Waals surface area contributed by atoms with Crippen LogP contribution in [0.4, 0.5) is 0 Å². The molecule has 0 aliphatic rings. The minimum absolute atomic E-state index is 0.347. The molecule has 2 aromatic carbocycles. The number of benzene rings is 2. The third-order valence-corrected chi connectivity index (χ3v) is 5.50. The second-order valence-electron chi connectivity index (χ2n) is 5.86. The number of carbonyl (C=O) groups excluding carboxylic acids is 1. The van der Waals surface area contributed by atoms with Gasteiger partial charge in [0.15, 0.2) is 16.6 Å². The van der Waals surface area contributed by atoms with E-state index in [4.69, 9.17) is 26.8 Å². The SMILES string of the molecule is COc1cc2ncn(-c3nc(-c4cccc(Cl)c4)c(C(N)=O)s3)c2cc1OC. The van der Waals surface area contributed by atoms with Gasteiger partial charge >= 0.3 is 0 Å². The molecule has 9 heteroatoms. The van der Waals surface area contributed by atoms with Gasteiger partial charge in [-0.15, -0.1) is 0 Å². The molecule has 2 N–H and O–H groups in total. The van der Waals surface area contributed by atoms with Crippen LogP contribution in [0, 0.1) is 0 Å². The van der Waals surface area contributed by atoms with Crippen molar-refractivity contribution in [3.05, 3.63) is 52.6 Å². The summed E-state index contributed by atoms with van der Waals surface area (Å²) in [6.07, 6.45) is 1.63. The van der Waals surface area contributed by atoms with E-state index in [9.17, 15) is 4.79 Å². The highest BCUT2D eigenvalue weighted by Gasteiger charge is 2.20. The van der Waals surface area contributed by atoms with E-state index < -0.39 is 5.91 Å². The van der Waals surface area contributed by atoms with Crippen LogP contribution >= 0.6 is 22.9 Å². The first-order chi connectivity index (χ1) is 13.5. The molecule has 28 heavy (non-hydrogen) atoms. The van der Waals surface area contributed by atoms with E-state index in [0.717, 1.165) is 5.52 Å². The summed E-state index contributed by atoms with van der Waals surface area (Å²) in [5.41, 5.74) is 8.26. The van der Waals surface area contributed by atoms with Gasteiger partial charge in [0.1, 0.15) is 11.2 Å². The average molecular weight is 415 g/mol. The summed E-state index contributed by atoms with van der Waals surface area (Å²) in [6, 6.07) is 10.7. The molecule has 0 bridgehead atoms. The van der Waals surface area contributed by atoms with Gasteiger partial charge in [-0.3, -0.25) is 9.36 Å². The van der Waals surface area contributed by atoms with Gasteiger partial charge in [-0.05, 0) is 12.1 Å². The molecule has 0 spiro atoms. The molecule has 4 aromatic rings. The number of amides is 1. The largest absolute Gasteiger partial charge is 0.493 e. The monoisotopic (exact) mass is 414 g/mol. The van der Waals surface area contributed by atoms with Gasteiger partial charge in [-0.1, -0.05) is 35.1 Å². The Balaban J connectivity index is 1.90. The summed E-state index contributed by atoms with van der Waals surface area (Å²) in [7, 11) is 3.13. The lowest BCUT2D eigenvalue weighted by Gasteiger charge is -2.07. The number of carbonyl (C=O) groups is 1. The van der Waals surface area contributed by atoms with Crippen molar-refractivity contribution in [2.45, 2.75) is 0 Å². The predicted octanol–water partition coefficient (Wildman–Crippen LogP) is 3.92. The lowest BCUT2D eigenvalue weighted by Crippen LogP contribution is -2.10. The number of hydrogen-bond acceptors (Lipinski definition) is 6. The van der Waals surface area contributed by atoms with Gasteiger partial charge in [-0.25, -0.2) is 9.97 Å². The van der Waals surface area contributed by atoms with Gasteiger partial charge in [0.25, 0.3) is 5.91 Å². The van der Waals surface area contributed by atoms with Gasteiger partial charge in [0.2, 0.25) is 0 Å². The van der Waals surface area contributed by atoms with Gasteiger partial charge in [0.05, 0.1) is 30.9 Å². The fraction of sp³-hybridized carbons (Fsp3) is 0.105. The molecule has 4 rings (SSSR count). The maximum absolute atomic E-state index is 12.0. The van der Waals surface area contributed by atoms with Crippen molar-refractivity contribution < 1.29 is 14.3 Å². The van der Waals surface area contributed by atoms with E-state index in [-0.39, 0.29) is 0 Å². The van der Waals surface area contributed by atoms with Gasteiger partial charge < -0.3 is 15.2 Å². The second kappa shape index (κ2) is 7.14. The molecule has 0 radical (unpaired) electrons. The zero-order valence-electron chi connectivity index (χ0n) is 15.0. The van der Waals surface area contributed by atoms with Crippen LogP contribution in [0.3, 0.4) is 0 Å². The van der Waals surface area contributed by atoms with Crippen molar-refractivity contribution in [1.82, 2.24) is 14.5 Å². The number of thiazole rings is 1. The topological polar surface area (TPSA) is 92.3 Å². The third kappa shape index (κ3) is 3.06. The number of hydrogen-bond donors (Lipinski definition) is 1. The van der Waals surface area contributed by atoms with Crippen molar-refractivity contribution in [3.63, 3.8) is 0 Å². The summed E-state index contributed by atoms with van der Waals surface area (Å²) < 4.78 is 12.5.